The van der Waals surface area contributed by atoms with Crippen LogP contribution >= 0.6 is 0 Å². The molecular weight excluding hydrogens is 320 g/mol. The van der Waals surface area contributed by atoms with Crippen molar-refractivity contribution in [1.82, 2.24) is 0 Å². The van der Waals surface area contributed by atoms with E-state index in [2.05, 4.69) is 0 Å². The lowest BCUT2D eigenvalue weighted by Crippen LogP contribution is -2.20. The number of cyclic esters (lactones) is 1. The summed E-state index contributed by atoms with van der Waals surface area (Å²) in [5, 5.41) is 29.2. The molecule has 1 aliphatic heterocycles. The zero-order valence-corrected chi connectivity index (χ0v) is 15.5. The lowest BCUT2D eigenvalue weighted by molar-refractivity contribution is -0.137. The summed E-state index contributed by atoms with van der Waals surface area (Å²) in [4.78, 5) is 11.9. The molecule has 0 bridgehead atoms. The molecule has 5 nitrogen and oxygen atoms in total. The highest BCUT2D eigenvalue weighted by atomic mass is 16.6. The predicted molar refractivity (Wildman–Crippen MR) is 97.9 cm³/mol. The number of carbonyl (C=O) groups is 1. The quantitative estimate of drug-likeness (QED) is 0.356. The summed E-state index contributed by atoms with van der Waals surface area (Å²) in [6.07, 6.45) is 6.47. The molecule has 0 unspecified atom stereocenters. The molecule has 0 aromatic rings. The van der Waals surface area contributed by atoms with Crippen LogP contribution in [0.4, 0.5) is 0 Å². The summed E-state index contributed by atoms with van der Waals surface area (Å²) in [6, 6.07) is 0. The van der Waals surface area contributed by atoms with Crippen LogP contribution in [0.2, 0.25) is 0 Å². The van der Waals surface area contributed by atoms with Gasteiger partial charge in [0, 0.05) is 0 Å². The Morgan fingerprint density at radius 1 is 1.24 bits per heavy atom. The maximum absolute atomic E-state index is 11.9. The number of aliphatic hydroxyl groups excluding tert-OH is 3. The minimum Gasteiger partial charge on any atom is -0.452 e. The molecule has 3 N–H and O–H groups in total. The number of carbonyl (C=O) groups excluding carboxylic acids is 1. The van der Waals surface area contributed by atoms with Gasteiger partial charge < -0.3 is 20.1 Å². The van der Waals surface area contributed by atoms with E-state index in [0.717, 1.165) is 29.6 Å². The van der Waals surface area contributed by atoms with Crippen molar-refractivity contribution in [2.24, 2.45) is 0 Å². The molecule has 1 saturated heterocycles. The van der Waals surface area contributed by atoms with Crippen molar-refractivity contribution in [1.29, 1.82) is 0 Å². The molecule has 25 heavy (non-hydrogen) atoms. The van der Waals surface area contributed by atoms with Gasteiger partial charge in [0.15, 0.2) is 6.10 Å². The highest BCUT2D eigenvalue weighted by Crippen LogP contribution is 2.24. The summed E-state index contributed by atoms with van der Waals surface area (Å²) in [5.41, 5.74) is 3.08. The van der Waals surface area contributed by atoms with Gasteiger partial charge in [-0.1, -0.05) is 29.4 Å². The minimum atomic E-state index is -0.995. The van der Waals surface area contributed by atoms with Gasteiger partial charge in [0.05, 0.1) is 18.3 Å². The van der Waals surface area contributed by atoms with Crippen molar-refractivity contribution in [2.75, 3.05) is 6.61 Å². The van der Waals surface area contributed by atoms with E-state index >= 15 is 0 Å². The molecule has 0 aromatic heterocycles. The monoisotopic (exact) mass is 350 g/mol. The van der Waals surface area contributed by atoms with Crippen LogP contribution < -0.4 is 0 Å². The van der Waals surface area contributed by atoms with Crippen molar-refractivity contribution in [2.45, 2.75) is 65.3 Å². The van der Waals surface area contributed by atoms with Crippen LogP contribution in [0.15, 0.2) is 46.6 Å². The second-order valence-corrected chi connectivity index (χ2v) is 6.69. The van der Waals surface area contributed by atoms with E-state index in [1.54, 1.807) is 18.2 Å². The van der Waals surface area contributed by atoms with Crippen LogP contribution in [0, 0.1) is 0 Å². The third kappa shape index (κ3) is 6.98. The largest absolute Gasteiger partial charge is 0.452 e. The van der Waals surface area contributed by atoms with Gasteiger partial charge in [-0.2, -0.15) is 0 Å². The van der Waals surface area contributed by atoms with Gasteiger partial charge in [0.25, 0.3) is 0 Å². The van der Waals surface area contributed by atoms with E-state index in [1.807, 2.05) is 33.8 Å². The van der Waals surface area contributed by atoms with Crippen LogP contribution in [-0.2, 0) is 9.53 Å². The third-order valence-electron chi connectivity index (χ3n) is 4.14. The zero-order valence-electron chi connectivity index (χ0n) is 15.5. The first kappa shape index (κ1) is 21.4. The number of ether oxygens (including phenoxy) is 1. The Morgan fingerprint density at radius 3 is 2.52 bits per heavy atom. The van der Waals surface area contributed by atoms with Crippen LogP contribution in [0.25, 0.3) is 0 Å². The van der Waals surface area contributed by atoms with Gasteiger partial charge in [-0.15, -0.1) is 0 Å². The normalized spacial score (nSPS) is 24.4. The second kappa shape index (κ2) is 10.3. The lowest BCUT2D eigenvalue weighted by atomic mass is 10.0. The van der Waals surface area contributed by atoms with Crippen molar-refractivity contribution < 1.29 is 24.9 Å². The topological polar surface area (TPSA) is 87.0 Å². The SMILES string of the molecule is CC(C)=C[C@H]1OC(=O)/C(=C/C[C@@H](O)/C(C)=C/CC/C(C)=C/CO)[C@@H]1O. The Balaban J connectivity index is 2.63. The third-order valence-corrected chi connectivity index (χ3v) is 4.14. The second-order valence-electron chi connectivity index (χ2n) is 6.69. The summed E-state index contributed by atoms with van der Waals surface area (Å²) < 4.78 is 5.15. The summed E-state index contributed by atoms with van der Waals surface area (Å²) in [5.74, 6) is -0.534. The molecule has 5 heteroatoms. The maximum Gasteiger partial charge on any atom is 0.337 e. The average molecular weight is 350 g/mol. The molecule has 1 fully saturated rings. The molecule has 0 saturated carbocycles. The van der Waals surface area contributed by atoms with E-state index in [0.29, 0.717) is 0 Å². The van der Waals surface area contributed by atoms with Gasteiger partial charge in [-0.05, 0) is 58.6 Å². The van der Waals surface area contributed by atoms with Crippen LogP contribution in [0.3, 0.4) is 0 Å². The van der Waals surface area contributed by atoms with E-state index in [-0.39, 0.29) is 18.6 Å². The highest BCUT2D eigenvalue weighted by Gasteiger charge is 2.37. The summed E-state index contributed by atoms with van der Waals surface area (Å²) >= 11 is 0. The first-order chi connectivity index (χ1) is 11.8. The Kier molecular flexibility index (Phi) is 8.83. The van der Waals surface area contributed by atoms with Crippen LogP contribution in [0.5, 0.6) is 0 Å². The lowest BCUT2D eigenvalue weighted by Gasteiger charge is -2.11. The van der Waals surface area contributed by atoms with Gasteiger partial charge in [-0.25, -0.2) is 4.79 Å². The Bertz CT molecular complexity index is 579. The molecular formula is C20H30O5. The molecule has 1 heterocycles. The molecule has 3 atom stereocenters. The fourth-order valence-corrected chi connectivity index (χ4v) is 2.56. The van der Waals surface area contributed by atoms with Crippen molar-refractivity contribution in [3.63, 3.8) is 0 Å². The zero-order chi connectivity index (χ0) is 19.0. The van der Waals surface area contributed by atoms with Gasteiger partial charge in [0.1, 0.15) is 6.10 Å². The van der Waals surface area contributed by atoms with Gasteiger partial charge in [-0.3, -0.25) is 0 Å². The Morgan fingerprint density at radius 2 is 1.92 bits per heavy atom. The van der Waals surface area contributed by atoms with Crippen LogP contribution in [-0.4, -0.2) is 46.2 Å². The molecule has 0 aliphatic carbocycles. The van der Waals surface area contributed by atoms with Gasteiger partial charge >= 0.3 is 5.97 Å². The molecule has 1 aliphatic rings. The molecule has 1 rings (SSSR count). The molecule has 0 spiro atoms. The first-order valence-corrected chi connectivity index (χ1v) is 8.61. The average Bonchev–Trinajstić information content (AvgIpc) is 2.78. The first-order valence-electron chi connectivity index (χ1n) is 8.61. The summed E-state index contributed by atoms with van der Waals surface area (Å²) in [7, 11) is 0. The molecule has 0 aromatic carbocycles. The smallest absolute Gasteiger partial charge is 0.337 e. The van der Waals surface area contributed by atoms with E-state index in [1.165, 1.54) is 0 Å². The van der Waals surface area contributed by atoms with E-state index in [4.69, 9.17) is 9.84 Å². The fourth-order valence-electron chi connectivity index (χ4n) is 2.56. The predicted octanol–water partition coefficient (Wildman–Crippen LogP) is 2.58. The highest BCUT2D eigenvalue weighted by molar-refractivity contribution is 5.92. The van der Waals surface area contributed by atoms with Crippen molar-refractivity contribution >= 4 is 5.97 Å². The number of esters is 1. The number of rotatable bonds is 8. The maximum atomic E-state index is 11.9. The Labute approximate surface area is 150 Å². The number of allylic oxidation sites excluding steroid dienone is 3. The van der Waals surface area contributed by atoms with E-state index in [9.17, 15) is 15.0 Å². The minimum absolute atomic E-state index is 0.0386. The fraction of sp³-hybridized carbons (Fsp3) is 0.550. The number of hydrogen-bond donors (Lipinski definition) is 3. The standard InChI is InChI=1S/C20H30O5/c1-13(2)12-18-19(23)16(20(24)25-18)8-9-17(22)15(4)7-5-6-14(3)10-11-21/h7-8,10,12,17-19,21-23H,5-6,9,11H2,1-4H3/b14-10+,15-7+,16-8+/t17-,18-,19+/m1/s1. The van der Waals surface area contributed by atoms with Crippen LogP contribution in [0.1, 0.15) is 47.0 Å². The number of aliphatic hydroxyl groups is 3. The summed E-state index contributed by atoms with van der Waals surface area (Å²) in [6.45, 7) is 7.58. The van der Waals surface area contributed by atoms with Gasteiger partial charge in [0.2, 0.25) is 0 Å². The number of hydrogen-bond acceptors (Lipinski definition) is 5. The van der Waals surface area contributed by atoms with Crippen molar-refractivity contribution in [3.8, 4) is 0 Å². The van der Waals surface area contributed by atoms with E-state index < -0.39 is 24.3 Å². The molecule has 140 valence electrons. The Hall–Kier alpha value is -1.69. The van der Waals surface area contributed by atoms with Crippen molar-refractivity contribution in [3.05, 3.63) is 46.6 Å². The molecule has 0 amide bonds. The molecule has 0 radical (unpaired) electrons.